The molecule has 0 aliphatic carbocycles. The Bertz CT molecular complexity index is 2250. The number of urea groups is 1. The molecule has 1 unspecified atom stereocenters. The Morgan fingerprint density at radius 1 is 0.852 bits per heavy atom. The van der Waals surface area contributed by atoms with E-state index in [4.69, 9.17) is 10.7 Å². The van der Waals surface area contributed by atoms with Gasteiger partial charge in [0.2, 0.25) is 11.8 Å². The van der Waals surface area contributed by atoms with Gasteiger partial charge in [0, 0.05) is 72.1 Å². The lowest BCUT2D eigenvalue weighted by atomic mass is 9.88. The predicted octanol–water partition coefficient (Wildman–Crippen LogP) is 3.40. The van der Waals surface area contributed by atoms with Crippen molar-refractivity contribution in [2.24, 2.45) is 11.7 Å². The van der Waals surface area contributed by atoms with E-state index in [1.54, 1.807) is 23.2 Å². The van der Waals surface area contributed by atoms with Crippen molar-refractivity contribution < 1.29 is 30.2 Å². The number of carbonyl (C=O) groups excluding carboxylic acids is 6. The van der Waals surface area contributed by atoms with Gasteiger partial charge in [-0.3, -0.25) is 34.2 Å². The number of likely N-dealkylation sites (tertiary alicyclic amines) is 1. The Morgan fingerprint density at radius 2 is 1.61 bits per heavy atom. The monoisotopic (exact) mass is 833 g/mol. The molecule has 3 atom stereocenters. The summed E-state index contributed by atoms with van der Waals surface area (Å²) in [6, 6.07) is 12.9. The van der Waals surface area contributed by atoms with Crippen LogP contribution in [0, 0.1) is 5.92 Å². The number of hydrogen-bond donors (Lipinski definition) is 3. The lowest BCUT2D eigenvalue weighted by molar-refractivity contribution is -0.136. The van der Waals surface area contributed by atoms with Crippen LogP contribution in [0.5, 0.6) is 0 Å². The number of fused-ring (bicyclic) bond motifs is 1. The fourth-order valence-electron chi connectivity index (χ4n) is 10.1. The number of rotatable bonds is 10. The molecule has 5 saturated heterocycles. The van der Waals surface area contributed by atoms with Gasteiger partial charge < -0.3 is 35.6 Å². The number of aromatic nitrogens is 2. The zero-order valence-electron chi connectivity index (χ0n) is 34.6. The van der Waals surface area contributed by atoms with E-state index in [9.17, 15) is 28.8 Å². The molecule has 322 valence electrons. The van der Waals surface area contributed by atoms with E-state index < -0.39 is 35.6 Å². The molecular formula is C44H55N11O6. The third-order valence-electron chi connectivity index (χ3n) is 13.5. The third kappa shape index (κ3) is 8.10. The standard InChI is InChI=1S/C44H53N11O6.H2/c1-50-20-21-54(44(50)61)32-5-3-17-53(26-32)36-23-46-38(39(45)57)40(48-36)47-30-8-6-28(7-9-30)29-14-18-51(19-15-29)24-27-4-2-16-52(25-27)31-10-11-33-34(22-31)43(60)55(42(33)59)35-12-13-37(56)49-41(35)58;/h6-11,22-23,27,29,32,35H,2-5,12-21,24-26H2,1H3,(H2,45,57)(H,47,48)(H,49,56,58);1H/t27-,32-,35?;/m1./s1. The minimum atomic E-state index is -0.979. The van der Waals surface area contributed by atoms with Gasteiger partial charge in [-0.2, -0.15) is 0 Å². The molecule has 17 heteroatoms. The molecule has 7 heterocycles. The fraction of sp³-hybridized carbons (Fsp3) is 0.500. The summed E-state index contributed by atoms with van der Waals surface area (Å²) in [6.45, 7) is 7.58. The number of nitrogens with one attached hydrogen (secondary N) is 2. The van der Waals surface area contributed by atoms with Gasteiger partial charge in [0.05, 0.1) is 23.4 Å². The van der Waals surface area contributed by atoms with E-state index in [0.29, 0.717) is 41.1 Å². The van der Waals surface area contributed by atoms with Gasteiger partial charge in [0.1, 0.15) is 11.9 Å². The minimum Gasteiger partial charge on any atom is -0.371 e. The topological polar surface area (TPSA) is 198 Å². The predicted molar refractivity (Wildman–Crippen MR) is 229 cm³/mol. The summed E-state index contributed by atoms with van der Waals surface area (Å²) in [5.74, 6) is -0.799. The number of amides is 7. The second kappa shape index (κ2) is 16.7. The number of primary amides is 1. The lowest BCUT2D eigenvalue weighted by Crippen LogP contribution is -2.54. The molecule has 7 amide bonds. The van der Waals surface area contributed by atoms with Crippen LogP contribution in [0.4, 0.5) is 27.8 Å². The summed E-state index contributed by atoms with van der Waals surface area (Å²) < 4.78 is 0. The molecular weight excluding hydrogens is 779 g/mol. The summed E-state index contributed by atoms with van der Waals surface area (Å²) in [5, 5.41) is 5.56. The van der Waals surface area contributed by atoms with Crippen molar-refractivity contribution in [3.8, 4) is 0 Å². The molecule has 61 heavy (non-hydrogen) atoms. The molecule has 2 aromatic carbocycles. The van der Waals surface area contributed by atoms with Gasteiger partial charge in [0.25, 0.3) is 17.7 Å². The molecule has 0 spiro atoms. The van der Waals surface area contributed by atoms with Crippen LogP contribution in [-0.2, 0) is 9.59 Å². The van der Waals surface area contributed by atoms with E-state index in [1.165, 1.54) is 5.56 Å². The number of piperidine rings is 4. The molecule has 1 aromatic heterocycles. The van der Waals surface area contributed by atoms with Gasteiger partial charge in [-0.25, -0.2) is 14.8 Å². The first-order chi connectivity index (χ1) is 29.5. The number of nitrogens with zero attached hydrogens (tertiary/aromatic N) is 8. The van der Waals surface area contributed by atoms with E-state index in [2.05, 4.69) is 42.5 Å². The van der Waals surface area contributed by atoms with Gasteiger partial charge in [-0.05, 0) is 106 Å². The molecule has 6 aliphatic heterocycles. The maximum atomic E-state index is 13.4. The smallest absolute Gasteiger partial charge is 0.320 e. The number of benzene rings is 2. The quantitative estimate of drug-likeness (QED) is 0.252. The first kappa shape index (κ1) is 40.3. The van der Waals surface area contributed by atoms with Crippen LogP contribution >= 0.6 is 0 Å². The lowest BCUT2D eigenvalue weighted by Gasteiger charge is -2.39. The van der Waals surface area contributed by atoms with Crippen LogP contribution in [-0.4, -0.2) is 143 Å². The first-order valence-corrected chi connectivity index (χ1v) is 21.6. The summed E-state index contributed by atoms with van der Waals surface area (Å²) >= 11 is 0. The highest BCUT2D eigenvalue weighted by Crippen LogP contribution is 2.35. The Labute approximate surface area is 356 Å². The van der Waals surface area contributed by atoms with Crippen LogP contribution < -0.4 is 26.2 Å². The SMILES string of the molecule is CN1CCN([C@@H]2CCCN(c3cnc(C(N)=O)c(Nc4ccc(C5CCN(C[C@H]6CCCN(c7ccc8c(c7)C(=O)N(C7CCC(=O)NC7=O)C8=O)C6)CC5)cc4)n3)C2)C1=O.[HH]. The van der Waals surface area contributed by atoms with Crippen molar-refractivity contribution in [2.75, 3.05) is 81.1 Å². The molecule has 9 rings (SSSR count). The molecule has 3 aromatic rings. The van der Waals surface area contributed by atoms with E-state index in [-0.39, 0.29) is 32.0 Å². The van der Waals surface area contributed by atoms with Crippen molar-refractivity contribution in [1.29, 1.82) is 0 Å². The number of hydrogen-bond acceptors (Lipinski definition) is 12. The number of likely N-dealkylation sites (N-methyl/N-ethyl adjacent to an activating group) is 1. The molecule has 0 bridgehead atoms. The van der Waals surface area contributed by atoms with E-state index >= 15 is 0 Å². The Kier molecular flexibility index (Phi) is 11.1. The highest BCUT2D eigenvalue weighted by atomic mass is 16.2. The Hall–Kier alpha value is -6.10. The highest BCUT2D eigenvalue weighted by Gasteiger charge is 2.45. The van der Waals surface area contributed by atoms with Crippen molar-refractivity contribution in [3.05, 3.63) is 71.0 Å². The zero-order chi connectivity index (χ0) is 42.4. The summed E-state index contributed by atoms with van der Waals surface area (Å²) in [4.78, 5) is 96.9. The van der Waals surface area contributed by atoms with Crippen LogP contribution in [0.3, 0.4) is 0 Å². The molecule has 0 saturated carbocycles. The van der Waals surface area contributed by atoms with Crippen molar-refractivity contribution in [1.82, 2.24) is 34.9 Å². The van der Waals surface area contributed by atoms with Crippen molar-refractivity contribution in [3.63, 3.8) is 0 Å². The van der Waals surface area contributed by atoms with Gasteiger partial charge in [-0.15, -0.1) is 0 Å². The molecule has 5 fully saturated rings. The van der Waals surface area contributed by atoms with Gasteiger partial charge in [0.15, 0.2) is 11.5 Å². The summed E-state index contributed by atoms with van der Waals surface area (Å²) in [6.07, 6.45) is 7.91. The number of nitrogens with two attached hydrogens (primary N) is 1. The maximum Gasteiger partial charge on any atom is 0.320 e. The molecule has 0 radical (unpaired) electrons. The van der Waals surface area contributed by atoms with Gasteiger partial charge >= 0.3 is 6.03 Å². The number of imide groups is 2. The average Bonchev–Trinajstić information content (AvgIpc) is 3.73. The summed E-state index contributed by atoms with van der Waals surface area (Å²) in [5.41, 5.74) is 9.36. The second-order valence-electron chi connectivity index (χ2n) is 17.4. The Balaban J connectivity index is 0.00000529. The van der Waals surface area contributed by atoms with E-state index in [0.717, 1.165) is 107 Å². The summed E-state index contributed by atoms with van der Waals surface area (Å²) in [7, 11) is 1.83. The normalized spacial score (nSPS) is 24.1. The van der Waals surface area contributed by atoms with Crippen LogP contribution in [0.1, 0.15) is 95.5 Å². The first-order valence-electron chi connectivity index (χ1n) is 21.6. The highest BCUT2D eigenvalue weighted by molar-refractivity contribution is 6.23. The van der Waals surface area contributed by atoms with Gasteiger partial charge in [-0.1, -0.05) is 12.1 Å². The average molecular weight is 834 g/mol. The maximum absolute atomic E-state index is 13.4. The fourth-order valence-corrected chi connectivity index (χ4v) is 10.1. The molecule has 17 nitrogen and oxygen atoms in total. The minimum absolute atomic E-state index is 0. The van der Waals surface area contributed by atoms with Crippen molar-refractivity contribution in [2.45, 2.75) is 69.4 Å². The molecule has 6 aliphatic rings. The second-order valence-corrected chi connectivity index (χ2v) is 17.4. The van der Waals surface area contributed by atoms with Crippen LogP contribution in [0.2, 0.25) is 0 Å². The number of carbonyl (C=O) groups is 6. The third-order valence-corrected chi connectivity index (χ3v) is 13.5. The zero-order valence-corrected chi connectivity index (χ0v) is 34.6. The Morgan fingerprint density at radius 3 is 2.34 bits per heavy atom. The van der Waals surface area contributed by atoms with Crippen LogP contribution in [0.15, 0.2) is 48.7 Å². The van der Waals surface area contributed by atoms with Crippen LogP contribution in [0.25, 0.3) is 0 Å². The largest absolute Gasteiger partial charge is 0.371 e. The van der Waals surface area contributed by atoms with E-state index in [1.807, 2.05) is 30.1 Å². The molecule has 4 N–H and O–H groups in total. The number of anilines is 4. The van der Waals surface area contributed by atoms with Crippen molar-refractivity contribution >= 4 is 58.6 Å².